The molecule has 0 saturated carbocycles. The first kappa shape index (κ1) is 24.8. The average molecular weight is 569 g/mol. The van der Waals surface area contributed by atoms with E-state index in [2.05, 4.69) is 25.3 Å². The van der Waals surface area contributed by atoms with E-state index in [4.69, 9.17) is 19.1 Å². The van der Waals surface area contributed by atoms with Gasteiger partial charge in [0.15, 0.2) is 11.6 Å². The van der Waals surface area contributed by atoms with Crippen LogP contribution in [0.25, 0.3) is 17.1 Å². The van der Waals surface area contributed by atoms with Crippen LogP contribution in [0, 0.1) is 11.6 Å². The number of halogens is 3. The van der Waals surface area contributed by atoms with Crippen LogP contribution in [0.4, 0.5) is 8.78 Å². The number of carbonyl (C=O) groups excluding carboxylic acids is 1. The van der Waals surface area contributed by atoms with Gasteiger partial charge < -0.3 is 10.1 Å². The Bertz CT molecular complexity index is 1780. The Kier molecular flexibility index (Phi) is 6.64. The third-order valence-corrected chi connectivity index (χ3v) is 6.65. The Labute approximate surface area is 236 Å². The van der Waals surface area contributed by atoms with Gasteiger partial charge in [0.05, 0.1) is 31.6 Å². The third-order valence-electron chi connectivity index (χ3n) is 6.30. The molecular formula is C28H25ClF2N6O3. The van der Waals surface area contributed by atoms with Crippen molar-refractivity contribution in [3.05, 3.63) is 92.6 Å². The molecule has 0 aliphatic carbocycles. The standard InChI is InChI=1S/C28H25ClF2N6O3/c1-15(38)36-28(2,3)27-32-8-7-20(35-27)21-11-23-16(12-33-21)5-4-6-18-10-24(25(29)26(39)37(18)23)40-14-22-19(31)9-17(30)13-34-22/h7-13H,4-6,14H2,1-3H3,(H,36,38)/i14D2. The number of fused-ring (bicyclic) bond motifs is 3. The molecule has 4 aromatic rings. The lowest BCUT2D eigenvalue weighted by molar-refractivity contribution is -0.120. The van der Waals surface area contributed by atoms with E-state index in [1.165, 1.54) is 17.6 Å². The zero-order valence-corrected chi connectivity index (χ0v) is 22.5. The fourth-order valence-corrected chi connectivity index (χ4v) is 4.68. The van der Waals surface area contributed by atoms with Crippen molar-refractivity contribution < 1.29 is 21.1 Å². The Morgan fingerprint density at radius 3 is 2.73 bits per heavy atom. The van der Waals surface area contributed by atoms with Gasteiger partial charge in [-0.15, -0.1) is 0 Å². The molecule has 5 rings (SSSR count). The molecule has 12 heteroatoms. The molecule has 5 heterocycles. The average Bonchev–Trinajstić information content (AvgIpc) is 3.09. The summed E-state index contributed by atoms with van der Waals surface area (Å²) in [4.78, 5) is 42.3. The molecule has 1 aliphatic rings. The minimum absolute atomic E-state index is 0.236. The van der Waals surface area contributed by atoms with Crippen LogP contribution in [0.1, 0.15) is 52.7 Å². The number of aromatic nitrogens is 5. The predicted molar refractivity (Wildman–Crippen MR) is 143 cm³/mol. The topological polar surface area (TPSA) is 112 Å². The van der Waals surface area contributed by atoms with Crippen molar-refractivity contribution in [1.82, 2.24) is 29.8 Å². The van der Waals surface area contributed by atoms with E-state index in [0.29, 0.717) is 60.1 Å². The van der Waals surface area contributed by atoms with Gasteiger partial charge in [-0.25, -0.2) is 18.7 Å². The molecule has 1 aliphatic heterocycles. The zero-order valence-electron chi connectivity index (χ0n) is 23.8. The molecule has 0 unspecified atom stereocenters. The van der Waals surface area contributed by atoms with Crippen LogP contribution < -0.4 is 15.6 Å². The molecule has 0 bridgehead atoms. The number of amides is 1. The lowest BCUT2D eigenvalue weighted by Gasteiger charge is -2.24. The molecule has 0 fully saturated rings. The quantitative estimate of drug-likeness (QED) is 0.365. The molecule has 1 N–H and O–H groups in total. The summed E-state index contributed by atoms with van der Waals surface area (Å²) in [6.07, 6.45) is 5.53. The van der Waals surface area contributed by atoms with Gasteiger partial charge in [0.1, 0.15) is 28.8 Å². The van der Waals surface area contributed by atoms with Gasteiger partial charge in [0, 0.05) is 37.1 Å². The largest absolute Gasteiger partial charge is 0.485 e. The first-order valence-corrected chi connectivity index (χ1v) is 12.7. The lowest BCUT2D eigenvalue weighted by atomic mass is 10.0. The molecule has 0 spiro atoms. The lowest BCUT2D eigenvalue weighted by Crippen LogP contribution is -2.41. The second-order valence-electron chi connectivity index (χ2n) is 9.77. The number of pyridine rings is 3. The second-order valence-corrected chi connectivity index (χ2v) is 10.1. The predicted octanol–water partition coefficient (Wildman–Crippen LogP) is 4.46. The van der Waals surface area contributed by atoms with Gasteiger partial charge in [-0.2, -0.15) is 0 Å². The van der Waals surface area contributed by atoms with Gasteiger partial charge in [-0.1, -0.05) is 11.6 Å². The number of ether oxygens (including phenoxy) is 1. The van der Waals surface area contributed by atoms with Crippen LogP contribution in [-0.4, -0.2) is 30.4 Å². The highest BCUT2D eigenvalue weighted by Crippen LogP contribution is 2.31. The fraction of sp³-hybridized carbons (Fsp3) is 0.286. The molecule has 206 valence electrons. The molecule has 9 nitrogen and oxygen atoms in total. The highest BCUT2D eigenvalue weighted by Gasteiger charge is 2.26. The monoisotopic (exact) mass is 568 g/mol. The van der Waals surface area contributed by atoms with Crippen molar-refractivity contribution in [2.24, 2.45) is 0 Å². The van der Waals surface area contributed by atoms with Gasteiger partial charge in [0.25, 0.3) is 5.56 Å². The summed E-state index contributed by atoms with van der Waals surface area (Å²) in [6, 6.07) is 5.28. The molecule has 0 radical (unpaired) electrons. The van der Waals surface area contributed by atoms with E-state index in [1.807, 2.05) is 0 Å². The zero-order chi connectivity index (χ0) is 30.4. The molecule has 40 heavy (non-hydrogen) atoms. The van der Waals surface area contributed by atoms with Crippen LogP contribution >= 0.6 is 11.6 Å². The van der Waals surface area contributed by atoms with E-state index in [1.54, 1.807) is 38.4 Å². The first-order valence-electron chi connectivity index (χ1n) is 13.3. The van der Waals surface area contributed by atoms with Gasteiger partial charge in [-0.3, -0.25) is 24.1 Å². The summed E-state index contributed by atoms with van der Waals surface area (Å²) < 4.78 is 50.8. The number of hydrogen-bond donors (Lipinski definition) is 1. The Hall–Kier alpha value is -4.25. The van der Waals surface area contributed by atoms with Gasteiger partial charge in [-0.05, 0) is 50.8 Å². The van der Waals surface area contributed by atoms with Crippen LogP contribution in [0.5, 0.6) is 5.75 Å². The third kappa shape index (κ3) is 5.42. The van der Waals surface area contributed by atoms with Crippen LogP contribution in [-0.2, 0) is 29.7 Å². The van der Waals surface area contributed by atoms with E-state index >= 15 is 0 Å². The first-order chi connectivity index (χ1) is 19.8. The van der Waals surface area contributed by atoms with Crippen molar-refractivity contribution in [3.63, 3.8) is 0 Å². The SMILES string of the molecule is [2H]C([2H])(Oc1cc2n(c(=O)c1Cl)-c1cc(-c3ccnc(C(C)(C)NC(C)=O)n3)ncc1CCC2)c1ncc(F)cc1F. The Morgan fingerprint density at radius 1 is 1.18 bits per heavy atom. The smallest absolute Gasteiger partial charge is 0.277 e. The van der Waals surface area contributed by atoms with E-state index in [0.717, 1.165) is 5.56 Å². The molecule has 0 atom stereocenters. The maximum absolute atomic E-state index is 14.3. The fourth-order valence-electron chi connectivity index (χ4n) is 4.50. The van der Waals surface area contributed by atoms with Gasteiger partial charge >= 0.3 is 0 Å². The van der Waals surface area contributed by atoms with Crippen molar-refractivity contribution in [3.8, 4) is 22.8 Å². The highest BCUT2D eigenvalue weighted by molar-refractivity contribution is 6.31. The molecule has 4 aromatic heterocycles. The van der Waals surface area contributed by atoms with Crippen molar-refractivity contribution in [1.29, 1.82) is 0 Å². The van der Waals surface area contributed by atoms with Crippen molar-refractivity contribution >= 4 is 17.5 Å². The number of nitrogens with zero attached hydrogens (tertiary/aromatic N) is 5. The summed E-state index contributed by atoms with van der Waals surface area (Å²) in [5, 5.41) is 2.38. The van der Waals surface area contributed by atoms with Crippen LogP contribution in [0.2, 0.25) is 5.02 Å². The maximum atomic E-state index is 14.3. The van der Waals surface area contributed by atoms with Crippen molar-refractivity contribution in [2.45, 2.75) is 52.1 Å². The van der Waals surface area contributed by atoms with Crippen LogP contribution in [0.3, 0.4) is 0 Å². The van der Waals surface area contributed by atoms with Crippen molar-refractivity contribution in [2.75, 3.05) is 0 Å². The summed E-state index contributed by atoms with van der Waals surface area (Å²) in [5.74, 6) is -2.39. The second kappa shape index (κ2) is 10.7. The highest BCUT2D eigenvalue weighted by atomic mass is 35.5. The van der Waals surface area contributed by atoms with E-state index in [-0.39, 0.29) is 11.7 Å². The number of nitrogens with one attached hydrogen (secondary N) is 1. The summed E-state index contributed by atoms with van der Waals surface area (Å²) >= 11 is 6.41. The summed E-state index contributed by atoms with van der Waals surface area (Å²) in [7, 11) is 0. The van der Waals surface area contributed by atoms with Crippen LogP contribution in [0.15, 0.2) is 47.7 Å². The maximum Gasteiger partial charge on any atom is 0.277 e. The number of carbonyl (C=O) groups is 1. The van der Waals surface area contributed by atoms with Gasteiger partial charge in [0.2, 0.25) is 5.91 Å². The normalized spacial score (nSPS) is 13.8. The van der Waals surface area contributed by atoms with E-state index < -0.39 is 40.0 Å². The summed E-state index contributed by atoms with van der Waals surface area (Å²) in [5.41, 5.74) is 0.373. The summed E-state index contributed by atoms with van der Waals surface area (Å²) in [6.45, 7) is 2.10. The molecule has 1 amide bonds. The molecule has 0 saturated heterocycles. The number of rotatable bonds is 6. The molecule has 0 aromatic carbocycles. The number of aryl methyl sites for hydroxylation is 2. The Morgan fingerprint density at radius 2 is 1.98 bits per heavy atom. The number of hydrogen-bond acceptors (Lipinski definition) is 7. The van der Waals surface area contributed by atoms with E-state index in [9.17, 15) is 18.4 Å². The minimum atomic E-state index is -2.86. The molecular weight excluding hydrogens is 542 g/mol. The minimum Gasteiger partial charge on any atom is -0.485 e. The Balaban J connectivity index is 1.57.